The molecule has 4 nitrogen and oxygen atoms in total. The van der Waals surface area contributed by atoms with Crippen molar-refractivity contribution in [1.82, 2.24) is 10.2 Å². The maximum absolute atomic E-state index is 11.4. The third-order valence-corrected chi connectivity index (χ3v) is 5.29. The number of nitrogens with zero attached hydrogens (tertiary/aromatic N) is 1. The van der Waals surface area contributed by atoms with Crippen molar-refractivity contribution in [2.24, 2.45) is 0 Å². The molecule has 1 heterocycles. The number of piperidine rings is 1. The second-order valence-electron chi connectivity index (χ2n) is 5.75. The minimum Gasteiger partial charge on any atom is -0.317 e. The Hall–Kier alpha value is -0.910. The fourth-order valence-electron chi connectivity index (χ4n) is 2.79. The van der Waals surface area contributed by atoms with E-state index in [1.165, 1.54) is 18.2 Å². The van der Waals surface area contributed by atoms with Crippen LogP contribution in [0.15, 0.2) is 29.2 Å². The minimum absolute atomic E-state index is 0.392. The maximum atomic E-state index is 11.4. The molecule has 0 bridgehead atoms. The number of hydrogen-bond donors (Lipinski definition) is 1. The van der Waals surface area contributed by atoms with Crippen molar-refractivity contribution in [3.8, 4) is 0 Å². The Labute approximate surface area is 122 Å². The van der Waals surface area contributed by atoms with E-state index in [1.54, 1.807) is 12.1 Å². The largest absolute Gasteiger partial charge is 0.317 e. The van der Waals surface area contributed by atoms with Gasteiger partial charge in [0.05, 0.1) is 4.90 Å². The standard InChI is InChI=1S/C15H24N2O2S/c1-12-10-14(16-2)8-9-17(12)11-13-4-6-15(7-5-13)20(3,18)19/h4-7,12,14,16H,8-11H2,1-3H3. The molecule has 0 aliphatic carbocycles. The summed E-state index contributed by atoms with van der Waals surface area (Å²) in [4.78, 5) is 2.85. The lowest BCUT2D eigenvalue weighted by molar-refractivity contribution is 0.131. The van der Waals surface area contributed by atoms with Gasteiger partial charge in [0, 0.05) is 31.4 Å². The van der Waals surface area contributed by atoms with Crippen molar-refractivity contribution in [3.05, 3.63) is 29.8 Å². The fraction of sp³-hybridized carbons (Fsp3) is 0.600. The van der Waals surface area contributed by atoms with Crippen LogP contribution in [0.25, 0.3) is 0 Å². The molecule has 2 atom stereocenters. The first-order chi connectivity index (χ1) is 9.40. The first-order valence-corrected chi connectivity index (χ1v) is 8.99. The first kappa shape index (κ1) is 15.5. The van der Waals surface area contributed by atoms with E-state index in [-0.39, 0.29) is 0 Å². The smallest absolute Gasteiger partial charge is 0.175 e. The Morgan fingerprint density at radius 3 is 2.45 bits per heavy atom. The monoisotopic (exact) mass is 296 g/mol. The zero-order valence-corrected chi connectivity index (χ0v) is 13.3. The summed E-state index contributed by atoms with van der Waals surface area (Å²) >= 11 is 0. The van der Waals surface area contributed by atoms with Crippen LogP contribution in [0.5, 0.6) is 0 Å². The molecule has 0 saturated carbocycles. The topological polar surface area (TPSA) is 49.4 Å². The molecule has 2 rings (SSSR count). The van der Waals surface area contributed by atoms with E-state index in [9.17, 15) is 8.42 Å². The van der Waals surface area contributed by atoms with Gasteiger partial charge < -0.3 is 5.32 Å². The molecule has 1 aromatic rings. The van der Waals surface area contributed by atoms with Gasteiger partial charge in [-0.15, -0.1) is 0 Å². The van der Waals surface area contributed by atoms with Gasteiger partial charge in [0.15, 0.2) is 9.84 Å². The Balaban J connectivity index is 2.00. The van der Waals surface area contributed by atoms with Crippen molar-refractivity contribution in [1.29, 1.82) is 0 Å². The van der Waals surface area contributed by atoms with Crippen molar-refractivity contribution in [2.75, 3.05) is 19.8 Å². The van der Waals surface area contributed by atoms with Gasteiger partial charge in [-0.05, 0) is 44.5 Å². The van der Waals surface area contributed by atoms with E-state index < -0.39 is 9.84 Å². The molecular weight excluding hydrogens is 272 g/mol. The summed E-state index contributed by atoms with van der Waals surface area (Å²) in [5.41, 5.74) is 1.17. The molecule has 20 heavy (non-hydrogen) atoms. The van der Waals surface area contributed by atoms with Crippen molar-refractivity contribution < 1.29 is 8.42 Å². The van der Waals surface area contributed by atoms with Crippen LogP contribution in [-0.2, 0) is 16.4 Å². The lowest BCUT2D eigenvalue weighted by Gasteiger charge is -2.37. The van der Waals surface area contributed by atoms with Crippen LogP contribution in [0.4, 0.5) is 0 Å². The lowest BCUT2D eigenvalue weighted by Crippen LogP contribution is -2.46. The van der Waals surface area contributed by atoms with E-state index in [0.29, 0.717) is 17.0 Å². The lowest BCUT2D eigenvalue weighted by atomic mass is 9.98. The number of sulfone groups is 1. The number of likely N-dealkylation sites (tertiary alicyclic amines) is 1. The summed E-state index contributed by atoms with van der Waals surface area (Å²) in [6.45, 7) is 4.23. The van der Waals surface area contributed by atoms with Gasteiger partial charge >= 0.3 is 0 Å². The Bertz CT molecular complexity index is 539. The molecule has 0 aromatic heterocycles. The highest BCUT2D eigenvalue weighted by Crippen LogP contribution is 2.20. The Morgan fingerprint density at radius 1 is 1.30 bits per heavy atom. The average Bonchev–Trinajstić information content (AvgIpc) is 2.40. The van der Waals surface area contributed by atoms with Crippen molar-refractivity contribution in [3.63, 3.8) is 0 Å². The highest BCUT2D eigenvalue weighted by molar-refractivity contribution is 7.90. The third-order valence-electron chi connectivity index (χ3n) is 4.16. The highest BCUT2D eigenvalue weighted by Gasteiger charge is 2.24. The summed E-state index contributed by atoms with van der Waals surface area (Å²) in [5.74, 6) is 0. The van der Waals surface area contributed by atoms with Crippen LogP contribution < -0.4 is 5.32 Å². The summed E-state index contributed by atoms with van der Waals surface area (Å²) in [5, 5.41) is 3.35. The predicted octanol–water partition coefficient (Wildman–Crippen LogP) is 1.66. The highest BCUT2D eigenvalue weighted by atomic mass is 32.2. The molecule has 1 saturated heterocycles. The van der Waals surface area contributed by atoms with Crippen LogP contribution in [0.3, 0.4) is 0 Å². The van der Waals surface area contributed by atoms with Crippen molar-refractivity contribution >= 4 is 9.84 Å². The molecule has 1 aliphatic heterocycles. The molecule has 5 heteroatoms. The molecular formula is C15H24N2O2S. The molecule has 1 fully saturated rings. The van der Waals surface area contributed by atoms with E-state index >= 15 is 0 Å². The second kappa shape index (κ2) is 6.24. The van der Waals surface area contributed by atoms with Crippen LogP contribution in [0.1, 0.15) is 25.3 Å². The van der Waals surface area contributed by atoms with Crippen LogP contribution >= 0.6 is 0 Å². The van der Waals surface area contributed by atoms with Gasteiger partial charge in [-0.1, -0.05) is 12.1 Å². The van der Waals surface area contributed by atoms with Crippen molar-refractivity contribution in [2.45, 2.75) is 43.3 Å². The summed E-state index contributed by atoms with van der Waals surface area (Å²) in [6, 6.07) is 8.43. The Morgan fingerprint density at radius 2 is 1.95 bits per heavy atom. The number of hydrogen-bond acceptors (Lipinski definition) is 4. The van der Waals surface area contributed by atoms with E-state index in [1.807, 2.05) is 19.2 Å². The molecule has 1 aliphatic rings. The quantitative estimate of drug-likeness (QED) is 0.918. The molecule has 0 amide bonds. The summed E-state index contributed by atoms with van der Waals surface area (Å²) in [7, 11) is -1.07. The van der Waals surface area contributed by atoms with E-state index in [2.05, 4.69) is 17.1 Å². The fourth-order valence-corrected chi connectivity index (χ4v) is 3.42. The van der Waals surface area contributed by atoms with Gasteiger partial charge in [0.1, 0.15) is 0 Å². The SMILES string of the molecule is CNC1CCN(Cc2ccc(S(C)(=O)=O)cc2)C(C)C1. The van der Waals surface area contributed by atoms with Gasteiger partial charge in [-0.3, -0.25) is 4.90 Å². The molecule has 1 N–H and O–H groups in total. The summed E-state index contributed by atoms with van der Waals surface area (Å²) in [6.07, 6.45) is 3.58. The van der Waals surface area contributed by atoms with Crippen LogP contribution in [0.2, 0.25) is 0 Å². The average molecular weight is 296 g/mol. The molecule has 1 aromatic carbocycles. The maximum Gasteiger partial charge on any atom is 0.175 e. The van der Waals surface area contributed by atoms with Gasteiger partial charge in [-0.2, -0.15) is 0 Å². The minimum atomic E-state index is -3.10. The predicted molar refractivity (Wildman–Crippen MR) is 81.5 cm³/mol. The zero-order chi connectivity index (χ0) is 14.8. The third kappa shape index (κ3) is 3.81. The van der Waals surface area contributed by atoms with E-state index in [4.69, 9.17) is 0 Å². The number of nitrogens with one attached hydrogen (secondary N) is 1. The normalized spacial score (nSPS) is 24.8. The molecule has 0 radical (unpaired) electrons. The summed E-state index contributed by atoms with van der Waals surface area (Å²) < 4.78 is 22.9. The van der Waals surface area contributed by atoms with Gasteiger partial charge in [-0.25, -0.2) is 8.42 Å². The van der Waals surface area contributed by atoms with Gasteiger partial charge in [0.25, 0.3) is 0 Å². The van der Waals surface area contributed by atoms with Crippen LogP contribution in [0, 0.1) is 0 Å². The second-order valence-corrected chi connectivity index (χ2v) is 7.76. The first-order valence-electron chi connectivity index (χ1n) is 7.10. The van der Waals surface area contributed by atoms with Gasteiger partial charge in [0.2, 0.25) is 0 Å². The number of rotatable bonds is 4. The van der Waals surface area contributed by atoms with Crippen LogP contribution in [-0.4, -0.2) is 45.2 Å². The molecule has 112 valence electrons. The molecule has 0 spiro atoms. The van der Waals surface area contributed by atoms with E-state index in [0.717, 1.165) is 19.5 Å². The Kier molecular flexibility index (Phi) is 4.83. The zero-order valence-electron chi connectivity index (χ0n) is 12.5. The molecule has 2 unspecified atom stereocenters. The number of benzene rings is 1.